The zero-order valence-corrected chi connectivity index (χ0v) is 23.9. The van der Waals surface area contributed by atoms with Crippen molar-refractivity contribution in [2.45, 2.75) is 45.3 Å². The molecule has 0 aliphatic rings. The molecule has 2 atom stereocenters. The maximum absolute atomic E-state index is 13.6. The van der Waals surface area contributed by atoms with Gasteiger partial charge in [0.05, 0.1) is 0 Å². The van der Waals surface area contributed by atoms with E-state index in [9.17, 15) is 9.59 Å². The van der Waals surface area contributed by atoms with Gasteiger partial charge < -0.3 is 15.0 Å². The molecule has 0 spiro atoms. The summed E-state index contributed by atoms with van der Waals surface area (Å²) >= 11 is 15.1. The number of hydrogen-bond acceptors (Lipinski definition) is 3. The fraction of sp³-hybridized carbons (Fsp3) is 0.286. The van der Waals surface area contributed by atoms with Crippen molar-refractivity contribution in [3.05, 3.63) is 97.5 Å². The molecule has 190 valence electrons. The highest BCUT2D eigenvalue weighted by molar-refractivity contribution is 14.1. The predicted molar refractivity (Wildman–Crippen MR) is 153 cm³/mol. The van der Waals surface area contributed by atoms with E-state index in [1.165, 1.54) is 4.90 Å². The Bertz CT molecular complexity index is 1140. The van der Waals surface area contributed by atoms with Gasteiger partial charge in [-0.3, -0.25) is 9.59 Å². The quantitative estimate of drug-likeness (QED) is 0.243. The second kappa shape index (κ2) is 13.9. The number of hydrogen-bond donors (Lipinski definition) is 1. The number of ether oxygens (including phenoxy) is 1. The molecular weight excluding hydrogens is 610 g/mol. The van der Waals surface area contributed by atoms with E-state index in [1.54, 1.807) is 30.3 Å². The normalized spacial score (nSPS) is 12.5. The van der Waals surface area contributed by atoms with Crippen LogP contribution < -0.4 is 10.1 Å². The maximum atomic E-state index is 13.6. The van der Waals surface area contributed by atoms with E-state index in [-0.39, 0.29) is 31.0 Å². The van der Waals surface area contributed by atoms with Gasteiger partial charge >= 0.3 is 0 Å². The highest BCUT2D eigenvalue weighted by Crippen LogP contribution is 2.27. The van der Waals surface area contributed by atoms with Crippen molar-refractivity contribution in [2.75, 3.05) is 6.61 Å². The second-order valence-corrected chi connectivity index (χ2v) is 10.5. The molecular formula is C28H29Cl2IN2O3. The fourth-order valence-corrected chi connectivity index (χ4v) is 4.48. The summed E-state index contributed by atoms with van der Waals surface area (Å²) in [7, 11) is 0. The van der Waals surface area contributed by atoms with Gasteiger partial charge in [0.2, 0.25) is 5.91 Å². The molecule has 1 N–H and O–H groups in total. The van der Waals surface area contributed by atoms with Crippen molar-refractivity contribution in [3.8, 4) is 5.75 Å². The third-order valence-electron chi connectivity index (χ3n) is 5.84. The summed E-state index contributed by atoms with van der Waals surface area (Å²) in [5.74, 6) is -0.00748. The third-order valence-corrected chi connectivity index (χ3v) is 7.27. The monoisotopic (exact) mass is 638 g/mol. The number of halogens is 3. The Morgan fingerprint density at radius 1 is 0.972 bits per heavy atom. The SMILES string of the molecule is CC[C@H](C)NC(=O)[C@H](Cc1ccccc1)N(Cc1c(Cl)cccc1Cl)C(=O)COc1ccc(I)cc1. The minimum atomic E-state index is -0.790. The van der Waals surface area contributed by atoms with Crippen LogP contribution in [-0.2, 0) is 22.6 Å². The summed E-state index contributed by atoms with van der Waals surface area (Å²) in [5, 5.41) is 3.90. The standard InChI is InChI=1S/C28H29Cl2IN2O3/c1-3-19(2)32-28(35)26(16-20-8-5-4-6-9-20)33(17-23-24(29)10-7-11-25(23)30)27(34)18-36-22-14-12-21(31)13-15-22/h4-15,19,26H,3,16-18H2,1-2H3,(H,32,35)/t19-,26-/m0/s1. The molecule has 2 amide bonds. The van der Waals surface area contributed by atoms with Crippen molar-refractivity contribution in [1.82, 2.24) is 10.2 Å². The number of rotatable bonds is 11. The van der Waals surface area contributed by atoms with Crippen LogP contribution in [0, 0.1) is 3.57 Å². The van der Waals surface area contributed by atoms with Gasteiger partial charge in [0.25, 0.3) is 5.91 Å². The van der Waals surface area contributed by atoms with E-state index in [0.29, 0.717) is 27.8 Å². The molecule has 0 radical (unpaired) electrons. The van der Waals surface area contributed by atoms with Crippen LogP contribution in [-0.4, -0.2) is 35.4 Å². The van der Waals surface area contributed by atoms with Crippen LogP contribution in [0.5, 0.6) is 5.75 Å². The van der Waals surface area contributed by atoms with Crippen LogP contribution in [0.1, 0.15) is 31.4 Å². The maximum Gasteiger partial charge on any atom is 0.261 e. The summed E-state index contributed by atoms with van der Waals surface area (Å²) in [6, 6.07) is 21.4. The van der Waals surface area contributed by atoms with Crippen LogP contribution in [0.3, 0.4) is 0 Å². The average molecular weight is 639 g/mol. The minimum absolute atomic E-state index is 0.0420. The first-order valence-corrected chi connectivity index (χ1v) is 13.6. The van der Waals surface area contributed by atoms with Gasteiger partial charge in [-0.15, -0.1) is 0 Å². The number of nitrogens with zero attached hydrogens (tertiary/aromatic N) is 1. The lowest BCUT2D eigenvalue weighted by Gasteiger charge is -2.32. The van der Waals surface area contributed by atoms with Crippen molar-refractivity contribution >= 4 is 57.6 Å². The molecule has 0 aromatic heterocycles. The molecule has 0 bridgehead atoms. The van der Waals surface area contributed by atoms with Crippen LogP contribution in [0.25, 0.3) is 0 Å². The molecule has 3 aromatic rings. The largest absolute Gasteiger partial charge is 0.484 e. The number of carbonyl (C=O) groups excluding carboxylic acids is 2. The van der Waals surface area contributed by atoms with Crippen molar-refractivity contribution in [1.29, 1.82) is 0 Å². The first-order valence-electron chi connectivity index (χ1n) is 11.7. The Labute approximate surface area is 236 Å². The number of carbonyl (C=O) groups is 2. The van der Waals surface area contributed by atoms with E-state index in [2.05, 4.69) is 27.9 Å². The van der Waals surface area contributed by atoms with Gasteiger partial charge in [-0.25, -0.2) is 0 Å². The Morgan fingerprint density at radius 3 is 2.22 bits per heavy atom. The molecule has 5 nitrogen and oxygen atoms in total. The molecule has 0 saturated heterocycles. The third kappa shape index (κ3) is 8.11. The minimum Gasteiger partial charge on any atom is -0.484 e. The van der Waals surface area contributed by atoms with Crippen LogP contribution in [0.4, 0.5) is 0 Å². The lowest BCUT2D eigenvalue weighted by Crippen LogP contribution is -2.53. The van der Waals surface area contributed by atoms with E-state index >= 15 is 0 Å². The smallest absolute Gasteiger partial charge is 0.261 e. The Hall–Kier alpha value is -2.29. The molecule has 3 rings (SSSR count). The Morgan fingerprint density at radius 2 is 1.61 bits per heavy atom. The van der Waals surface area contributed by atoms with E-state index in [1.807, 2.05) is 56.3 Å². The molecule has 0 heterocycles. The van der Waals surface area contributed by atoms with Crippen molar-refractivity contribution in [2.24, 2.45) is 0 Å². The van der Waals surface area contributed by atoms with Gasteiger partial charge in [0, 0.05) is 38.2 Å². The summed E-state index contributed by atoms with van der Waals surface area (Å²) in [4.78, 5) is 28.7. The molecule has 0 unspecified atom stereocenters. The summed E-state index contributed by atoms with van der Waals surface area (Å²) in [6.45, 7) is 3.77. The van der Waals surface area contributed by atoms with Crippen molar-refractivity contribution < 1.29 is 14.3 Å². The summed E-state index contributed by atoms with van der Waals surface area (Å²) in [6.07, 6.45) is 1.10. The summed E-state index contributed by atoms with van der Waals surface area (Å²) in [5.41, 5.74) is 1.52. The zero-order chi connectivity index (χ0) is 26.1. The highest BCUT2D eigenvalue weighted by atomic mass is 127. The lowest BCUT2D eigenvalue weighted by atomic mass is 10.0. The molecule has 0 aliphatic carbocycles. The van der Waals surface area contributed by atoms with Crippen LogP contribution in [0.2, 0.25) is 10.0 Å². The second-order valence-electron chi connectivity index (χ2n) is 8.49. The fourth-order valence-electron chi connectivity index (χ4n) is 3.61. The highest BCUT2D eigenvalue weighted by Gasteiger charge is 2.32. The topological polar surface area (TPSA) is 58.6 Å². The van der Waals surface area contributed by atoms with Gasteiger partial charge in [-0.1, -0.05) is 66.5 Å². The number of nitrogens with one attached hydrogen (secondary N) is 1. The molecule has 8 heteroatoms. The predicted octanol–water partition coefficient (Wildman–Crippen LogP) is 6.53. The first-order chi connectivity index (χ1) is 17.3. The van der Waals surface area contributed by atoms with Gasteiger partial charge in [0.1, 0.15) is 11.8 Å². The molecule has 0 fully saturated rings. The first kappa shape index (κ1) is 28.3. The van der Waals surface area contributed by atoms with Crippen LogP contribution >= 0.6 is 45.8 Å². The van der Waals surface area contributed by atoms with Gasteiger partial charge in [0.15, 0.2) is 6.61 Å². The van der Waals surface area contributed by atoms with E-state index in [0.717, 1.165) is 15.6 Å². The number of amides is 2. The average Bonchev–Trinajstić information content (AvgIpc) is 2.87. The molecule has 0 aliphatic heterocycles. The van der Waals surface area contributed by atoms with Crippen LogP contribution in [0.15, 0.2) is 72.8 Å². The Kier molecular flexibility index (Phi) is 10.9. The van der Waals surface area contributed by atoms with E-state index in [4.69, 9.17) is 27.9 Å². The summed E-state index contributed by atoms with van der Waals surface area (Å²) < 4.78 is 6.85. The molecule has 0 saturated carbocycles. The van der Waals surface area contributed by atoms with Gasteiger partial charge in [-0.2, -0.15) is 0 Å². The molecule has 3 aromatic carbocycles. The zero-order valence-electron chi connectivity index (χ0n) is 20.2. The lowest BCUT2D eigenvalue weighted by molar-refractivity contribution is -0.143. The Balaban J connectivity index is 1.95. The van der Waals surface area contributed by atoms with Crippen molar-refractivity contribution in [3.63, 3.8) is 0 Å². The van der Waals surface area contributed by atoms with Gasteiger partial charge in [-0.05, 0) is 77.9 Å². The number of benzene rings is 3. The molecule has 36 heavy (non-hydrogen) atoms. The van der Waals surface area contributed by atoms with E-state index < -0.39 is 6.04 Å².